The summed E-state index contributed by atoms with van der Waals surface area (Å²) in [5.41, 5.74) is 7.26. The topological polar surface area (TPSA) is 79.6 Å². The van der Waals surface area contributed by atoms with Crippen LogP contribution in [0, 0.1) is 0 Å². The summed E-state index contributed by atoms with van der Waals surface area (Å²) >= 11 is 0. The molecular formula is C10H13N5. The van der Waals surface area contributed by atoms with E-state index in [1.807, 2.05) is 30.6 Å². The van der Waals surface area contributed by atoms with Crippen LogP contribution >= 0.6 is 0 Å². The average molecular weight is 203 g/mol. The molecule has 0 amide bonds. The number of nitrogens with one attached hydrogen (secondary N) is 2. The molecule has 0 aromatic carbocycles. The van der Waals surface area contributed by atoms with Crippen molar-refractivity contribution in [3.63, 3.8) is 0 Å². The van der Waals surface area contributed by atoms with Crippen LogP contribution in [0.15, 0.2) is 30.6 Å². The fourth-order valence-electron chi connectivity index (χ4n) is 1.26. The van der Waals surface area contributed by atoms with Gasteiger partial charge in [-0.2, -0.15) is 0 Å². The lowest BCUT2D eigenvalue weighted by molar-refractivity contribution is 0.974. The maximum Gasteiger partial charge on any atom is 0.148 e. The van der Waals surface area contributed by atoms with Crippen molar-refractivity contribution in [2.75, 3.05) is 18.4 Å². The van der Waals surface area contributed by atoms with E-state index in [2.05, 4.69) is 20.5 Å². The Kier molecular flexibility index (Phi) is 2.94. The number of anilines is 1. The summed E-state index contributed by atoms with van der Waals surface area (Å²) in [7, 11) is 0. The van der Waals surface area contributed by atoms with Crippen LogP contribution in [0.25, 0.3) is 11.3 Å². The summed E-state index contributed by atoms with van der Waals surface area (Å²) in [6, 6.07) is 5.77. The molecule has 15 heavy (non-hydrogen) atoms. The van der Waals surface area contributed by atoms with Crippen molar-refractivity contribution in [1.82, 2.24) is 15.2 Å². The fourth-order valence-corrected chi connectivity index (χ4v) is 1.26. The first-order valence-electron chi connectivity index (χ1n) is 4.81. The number of H-pyrrole nitrogens is 1. The molecule has 2 aromatic rings. The van der Waals surface area contributed by atoms with Crippen LogP contribution in [-0.2, 0) is 0 Å². The molecule has 0 saturated carbocycles. The first-order chi connectivity index (χ1) is 7.40. The van der Waals surface area contributed by atoms with Gasteiger partial charge in [0.15, 0.2) is 0 Å². The van der Waals surface area contributed by atoms with Gasteiger partial charge in [0, 0.05) is 31.0 Å². The third-order valence-corrected chi connectivity index (χ3v) is 2.01. The summed E-state index contributed by atoms with van der Waals surface area (Å²) < 4.78 is 0. The molecule has 5 nitrogen and oxygen atoms in total. The summed E-state index contributed by atoms with van der Waals surface area (Å²) in [6.45, 7) is 1.29. The molecule has 0 radical (unpaired) electrons. The van der Waals surface area contributed by atoms with Crippen LogP contribution in [0.1, 0.15) is 0 Å². The molecule has 2 heterocycles. The number of nitrogens with zero attached hydrogens (tertiary/aromatic N) is 2. The van der Waals surface area contributed by atoms with Crippen molar-refractivity contribution in [3.8, 4) is 11.3 Å². The molecule has 4 N–H and O–H groups in total. The summed E-state index contributed by atoms with van der Waals surface area (Å²) in [6.07, 6.45) is 3.74. The molecule has 2 aromatic heterocycles. The second-order valence-electron chi connectivity index (χ2n) is 3.12. The van der Waals surface area contributed by atoms with Gasteiger partial charge < -0.3 is 16.0 Å². The van der Waals surface area contributed by atoms with Crippen LogP contribution in [-0.4, -0.2) is 28.3 Å². The molecule has 0 fully saturated rings. The van der Waals surface area contributed by atoms with E-state index in [1.54, 1.807) is 0 Å². The van der Waals surface area contributed by atoms with Gasteiger partial charge in [0.1, 0.15) is 5.82 Å². The minimum atomic E-state index is 0.585. The first kappa shape index (κ1) is 9.67. The minimum absolute atomic E-state index is 0.585. The van der Waals surface area contributed by atoms with Crippen LogP contribution in [0.4, 0.5) is 5.82 Å². The number of rotatable bonds is 4. The number of hydrogen-bond donors (Lipinski definition) is 3. The van der Waals surface area contributed by atoms with Crippen LogP contribution in [0.3, 0.4) is 0 Å². The zero-order chi connectivity index (χ0) is 10.5. The van der Waals surface area contributed by atoms with Crippen LogP contribution < -0.4 is 11.1 Å². The third-order valence-electron chi connectivity index (χ3n) is 2.01. The maximum atomic E-state index is 5.37. The Bertz CT molecular complexity index is 392. The molecule has 0 unspecified atom stereocenters. The predicted molar refractivity (Wildman–Crippen MR) is 59.4 cm³/mol. The average Bonchev–Trinajstić information content (AvgIpc) is 2.80. The van der Waals surface area contributed by atoms with Gasteiger partial charge in [0.2, 0.25) is 0 Å². The lowest BCUT2D eigenvalue weighted by atomic mass is 10.2. The molecule has 0 aliphatic heterocycles. The van der Waals surface area contributed by atoms with E-state index < -0.39 is 0 Å². The van der Waals surface area contributed by atoms with Gasteiger partial charge in [-0.3, -0.25) is 0 Å². The maximum absolute atomic E-state index is 5.37. The van der Waals surface area contributed by atoms with Gasteiger partial charge in [-0.25, -0.2) is 0 Å². The smallest absolute Gasteiger partial charge is 0.148 e. The molecule has 78 valence electrons. The largest absolute Gasteiger partial charge is 0.367 e. The summed E-state index contributed by atoms with van der Waals surface area (Å²) in [5.74, 6) is 0.750. The lowest BCUT2D eigenvalue weighted by Crippen LogP contribution is -2.14. The Morgan fingerprint density at radius 3 is 2.80 bits per heavy atom. The van der Waals surface area contributed by atoms with E-state index in [0.717, 1.165) is 17.1 Å². The number of hydrogen-bond acceptors (Lipinski definition) is 4. The molecule has 0 saturated heterocycles. The number of aromatic nitrogens is 3. The Balaban J connectivity index is 2.11. The monoisotopic (exact) mass is 203 g/mol. The molecule has 0 aliphatic carbocycles. The highest BCUT2D eigenvalue weighted by Crippen LogP contribution is 2.15. The zero-order valence-corrected chi connectivity index (χ0v) is 8.27. The molecule has 5 heteroatoms. The van der Waals surface area contributed by atoms with Crippen LogP contribution in [0.5, 0.6) is 0 Å². The highest BCUT2D eigenvalue weighted by Gasteiger charge is 2.00. The van der Waals surface area contributed by atoms with Crippen molar-refractivity contribution < 1.29 is 0 Å². The third kappa shape index (κ3) is 2.32. The van der Waals surface area contributed by atoms with E-state index in [-0.39, 0.29) is 0 Å². The Morgan fingerprint density at radius 1 is 1.27 bits per heavy atom. The summed E-state index contributed by atoms with van der Waals surface area (Å²) in [4.78, 5) is 2.98. The molecule has 0 spiro atoms. The molecule has 0 bridgehead atoms. The highest BCUT2D eigenvalue weighted by molar-refractivity contribution is 5.58. The Labute approximate surface area is 87.7 Å². The van der Waals surface area contributed by atoms with Crippen molar-refractivity contribution in [1.29, 1.82) is 0 Å². The van der Waals surface area contributed by atoms with E-state index in [1.165, 1.54) is 0 Å². The van der Waals surface area contributed by atoms with Crippen molar-refractivity contribution in [2.45, 2.75) is 0 Å². The van der Waals surface area contributed by atoms with Gasteiger partial charge in [-0.15, -0.1) is 10.2 Å². The Morgan fingerprint density at radius 2 is 2.20 bits per heavy atom. The second-order valence-corrected chi connectivity index (χ2v) is 3.12. The standard InChI is InChI=1S/C10H13N5/c11-4-6-13-10-2-1-9(14-15-10)8-3-5-12-7-8/h1-3,5,7,12H,4,6,11H2,(H,13,15). The first-order valence-corrected chi connectivity index (χ1v) is 4.81. The zero-order valence-electron chi connectivity index (χ0n) is 8.27. The van der Waals surface area contributed by atoms with E-state index >= 15 is 0 Å². The quantitative estimate of drug-likeness (QED) is 0.688. The molecule has 0 atom stereocenters. The highest BCUT2D eigenvalue weighted by atomic mass is 15.2. The second kappa shape index (κ2) is 4.56. The van der Waals surface area contributed by atoms with Crippen molar-refractivity contribution in [3.05, 3.63) is 30.6 Å². The van der Waals surface area contributed by atoms with Gasteiger partial charge in [0.05, 0.1) is 5.69 Å². The molecule has 2 rings (SSSR count). The summed E-state index contributed by atoms with van der Waals surface area (Å²) in [5, 5.41) is 11.2. The Hall–Kier alpha value is -1.88. The van der Waals surface area contributed by atoms with Crippen molar-refractivity contribution >= 4 is 5.82 Å². The molecular weight excluding hydrogens is 190 g/mol. The normalized spacial score (nSPS) is 10.2. The SMILES string of the molecule is NCCNc1ccc(-c2cc[nH]c2)nn1. The molecule has 0 aliphatic rings. The van der Waals surface area contributed by atoms with E-state index in [4.69, 9.17) is 5.73 Å². The lowest BCUT2D eigenvalue weighted by Gasteiger charge is -2.02. The van der Waals surface area contributed by atoms with Gasteiger partial charge >= 0.3 is 0 Å². The number of nitrogens with two attached hydrogens (primary N) is 1. The fraction of sp³-hybridized carbons (Fsp3) is 0.200. The van der Waals surface area contributed by atoms with Crippen molar-refractivity contribution in [2.24, 2.45) is 5.73 Å². The van der Waals surface area contributed by atoms with Gasteiger partial charge in [0.25, 0.3) is 0 Å². The van der Waals surface area contributed by atoms with E-state index in [0.29, 0.717) is 13.1 Å². The van der Waals surface area contributed by atoms with Crippen LogP contribution in [0.2, 0.25) is 0 Å². The predicted octanol–water partition coefficient (Wildman–Crippen LogP) is 0.842. The van der Waals surface area contributed by atoms with Gasteiger partial charge in [-0.05, 0) is 18.2 Å². The minimum Gasteiger partial charge on any atom is -0.367 e. The number of aromatic amines is 1. The van der Waals surface area contributed by atoms with E-state index in [9.17, 15) is 0 Å². The van der Waals surface area contributed by atoms with Gasteiger partial charge in [-0.1, -0.05) is 0 Å².